The Balaban J connectivity index is 2.05. The lowest BCUT2D eigenvalue weighted by atomic mass is 10.3. The highest BCUT2D eigenvalue weighted by Gasteiger charge is 2.03. The molecule has 0 aliphatic heterocycles. The molecular weight excluding hydrogens is 226 g/mol. The van der Waals surface area contributed by atoms with E-state index in [2.05, 4.69) is 15.3 Å². The van der Waals surface area contributed by atoms with Crippen LogP contribution < -0.4 is 11.1 Å². The molecule has 2 aromatic rings. The number of nitrogens with zero attached hydrogens (tertiary/aromatic N) is 2. The van der Waals surface area contributed by atoms with Gasteiger partial charge in [0.15, 0.2) is 11.6 Å². The van der Waals surface area contributed by atoms with E-state index in [4.69, 9.17) is 5.73 Å². The summed E-state index contributed by atoms with van der Waals surface area (Å²) in [6.45, 7) is 0.288. The first-order chi connectivity index (χ1) is 8.15. The molecule has 0 amide bonds. The Morgan fingerprint density at radius 1 is 1.18 bits per heavy atom. The van der Waals surface area contributed by atoms with E-state index >= 15 is 0 Å². The fourth-order valence-corrected chi connectivity index (χ4v) is 1.29. The van der Waals surface area contributed by atoms with Crippen LogP contribution in [0, 0.1) is 11.6 Å². The average Bonchev–Trinajstić information content (AvgIpc) is 2.31. The van der Waals surface area contributed by atoms with Crippen molar-refractivity contribution >= 4 is 11.5 Å². The highest BCUT2D eigenvalue weighted by molar-refractivity contribution is 5.43. The van der Waals surface area contributed by atoms with Crippen LogP contribution in [0.3, 0.4) is 0 Å². The predicted molar refractivity (Wildman–Crippen MR) is 60.1 cm³/mol. The van der Waals surface area contributed by atoms with Gasteiger partial charge in [-0.2, -0.15) is 0 Å². The number of nitrogens with one attached hydrogen (secondary N) is 1. The van der Waals surface area contributed by atoms with Crippen LogP contribution in [0.4, 0.5) is 20.3 Å². The molecule has 0 bridgehead atoms. The summed E-state index contributed by atoms with van der Waals surface area (Å²) < 4.78 is 25.6. The molecule has 2 rings (SSSR count). The van der Waals surface area contributed by atoms with Crippen LogP contribution in [-0.2, 0) is 6.54 Å². The van der Waals surface area contributed by atoms with Crippen LogP contribution in [0.15, 0.2) is 30.5 Å². The highest BCUT2D eigenvalue weighted by Crippen LogP contribution is 2.13. The Kier molecular flexibility index (Phi) is 3.13. The molecular formula is C11H10F2N4. The second-order valence-corrected chi connectivity index (χ2v) is 3.38. The van der Waals surface area contributed by atoms with Crippen molar-refractivity contribution < 1.29 is 8.78 Å². The molecule has 0 spiro atoms. The van der Waals surface area contributed by atoms with E-state index in [1.54, 1.807) is 6.07 Å². The third-order valence-corrected chi connectivity index (χ3v) is 2.10. The van der Waals surface area contributed by atoms with Gasteiger partial charge in [0.2, 0.25) is 0 Å². The molecule has 0 atom stereocenters. The Bertz CT molecular complexity index is 531. The first-order valence-electron chi connectivity index (χ1n) is 4.91. The largest absolute Gasteiger partial charge is 0.384 e. The second-order valence-electron chi connectivity index (χ2n) is 3.38. The van der Waals surface area contributed by atoms with Gasteiger partial charge in [-0.25, -0.2) is 18.7 Å². The van der Waals surface area contributed by atoms with Crippen molar-refractivity contribution in [1.29, 1.82) is 0 Å². The van der Waals surface area contributed by atoms with Crippen molar-refractivity contribution in [3.8, 4) is 0 Å². The third kappa shape index (κ3) is 2.87. The zero-order valence-corrected chi connectivity index (χ0v) is 8.82. The zero-order chi connectivity index (χ0) is 12.3. The molecule has 0 aliphatic rings. The number of halogens is 2. The summed E-state index contributed by atoms with van der Waals surface area (Å²) in [6, 6.07) is 5.13. The fourth-order valence-electron chi connectivity index (χ4n) is 1.29. The standard InChI is InChI=1S/C11H10F2N4/c12-8-2-1-7(5-9(8)13)16-6-11-15-4-3-10(14)17-11/h1-5,16H,6H2,(H2,14,15,17). The fraction of sp³-hybridized carbons (Fsp3) is 0.0909. The number of nitrogens with two attached hydrogens (primary N) is 1. The number of nitrogen functional groups attached to an aromatic ring is 1. The molecule has 1 aromatic carbocycles. The van der Waals surface area contributed by atoms with E-state index in [0.717, 1.165) is 12.1 Å². The molecule has 0 saturated carbocycles. The first-order valence-corrected chi connectivity index (χ1v) is 4.91. The van der Waals surface area contributed by atoms with Crippen molar-refractivity contribution in [2.45, 2.75) is 6.54 Å². The van der Waals surface area contributed by atoms with Crippen LogP contribution in [0.5, 0.6) is 0 Å². The van der Waals surface area contributed by atoms with E-state index < -0.39 is 11.6 Å². The molecule has 1 aromatic heterocycles. The van der Waals surface area contributed by atoms with Gasteiger partial charge in [-0.3, -0.25) is 0 Å². The molecule has 0 radical (unpaired) electrons. The Morgan fingerprint density at radius 2 is 2.00 bits per heavy atom. The number of rotatable bonds is 3. The lowest BCUT2D eigenvalue weighted by Gasteiger charge is -2.05. The Labute approximate surface area is 96.5 Å². The lowest BCUT2D eigenvalue weighted by molar-refractivity contribution is 0.509. The summed E-state index contributed by atoms with van der Waals surface area (Å²) in [7, 11) is 0. The SMILES string of the molecule is Nc1ccnc(CNc2ccc(F)c(F)c2)n1. The summed E-state index contributed by atoms with van der Waals surface area (Å²) in [4.78, 5) is 7.94. The van der Waals surface area contributed by atoms with Crippen LogP contribution in [0.25, 0.3) is 0 Å². The van der Waals surface area contributed by atoms with Crippen LogP contribution in [0.2, 0.25) is 0 Å². The summed E-state index contributed by atoms with van der Waals surface area (Å²) in [5.41, 5.74) is 5.94. The van der Waals surface area contributed by atoms with Gasteiger partial charge < -0.3 is 11.1 Å². The maximum Gasteiger partial charge on any atom is 0.160 e. The van der Waals surface area contributed by atoms with Gasteiger partial charge in [0.05, 0.1) is 6.54 Å². The minimum absolute atomic E-state index is 0.288. The van der Waals surface area contributed by atoms with E-state index in [9.17, 15) is 8.78 Å². The van der Waals surface area contributed by atoms with Crippen molar-refractivity contribution in [3.63, 3.8) is 0 Å². The summed E-state index contributed by atoms with van der Waals surface area (Å²) in [5.74, 6) is -0.934. The van der Waals surface area contributed by atoms with Crippen molar-refractivity contribution in [1.82, 2.24) is 9.97 Å². The summed E-state index contributed by atoms with van der Waals surface area (Å²) in [6.07, 6.45) is 1.53. The first kappa shape index (κ1) is 11.3. The van der Waals surface area contributed by atoms with Gasteiger partial charge >= 0.3 is 0 Å². The van der Waals surface area contributed by atoms with Gasteiger partial charge in [-0.1, -0.05) is 0 Å². The van der Waals surface area contributed by atoms with Crippen LogP contribution >= 0.6 is 0 Å². The number of benzene rings is 1. The third-order valence-electron chi connectivity index (χ3n) is 2.10. The van der Waals surface area contributed by atoms with E-state index in [0.29, 0.717) is 17.3 Å². The minimum atomic E-state index is -0.900. The predicted octanol–water partition coefficient (Wildman–Crippen LogP) is 1.95. The summed E-state index contributed by atoms with van der Waals surface area (Å²) >= 11 is 0. The van der Waals surface area contributed by atoms with Gasteiger partial charge in [0.25, 0.3) is 0 Å². The average molecular weight is 236 g/mol. The summed E-state index contributed by atoms with van der Waals surface area (Å²) in [5, 5.41) is 2.87. The second kappa shape index (κ2) is 4.73. The molecule has 17 heavy (non-hydrogen) atoms. The monoisotopic (exact) mass is 236 g/mol. The highest BCUT2D eigenvalue weighted by atomic mass is 19.2. The van der Waals surface area contributed by atoms with Crippen molar-refractivity contribution in [2.75, 3.05) is 11.1 Å². The van der Waals surface area contributed by atoms with Crippen molar-refractivity contribution in [2.24, 2.45) is 0 Å². The zero-order valence-electron chi connectivity index (χ0n) is 8.82. The normalized spacial score (nSPS) is 10.2. The molecule has 0 aliphatic carbocycles. The molecule has 0 fully saturated rings. The molecule has 0 unspecified atom stereocenters. The Morgan fingerprint density at radius 3 is 2.71 bits per heavy atom. The van der Waals surface area contributed by atoms with Crippen LogP contribution in [-0.4, -0.2) is 9.97 Å². The molecule has 0 saturated heterocycles. The topological polar surface area (TPSA) is 63.8 Å². The maximum atomic E-state index is 12.9. The molecule has 4 nitrogen and oxygen atoms in total. The van der Waals surface area contributed by atoms with E-state index in [-0.39, 0.29) is 6.54 Å². The van der Waals surface area contributed by atoms with Gasteiger partial charge in [0.1, 0.15) is 11.6 Å². The molecule has 6 heteroatoms. The minimum Gasteiger partial charge on any atom is -0.384 e. The number of anilines is 2. The molecule has 3 N–H and O–H groups in total. The van der Waals surface area contributed by atoms with Gasteiger partial charge in [0, 0.05) is 18.0 Å². The molecule has 1 heterocycles. The Hall–Kier alpha value is -2.24. The van der Waals surface area contributed by atoms with Gasteiger partial charge in [-0.15, -0.1) is 0 Å². The maximum absolute atomic E-state index is 12.9. The number of hydrogen-bond donors (Lipinski definition) is 2. The lowest BCUT2D eigenvalue weighted by Crippen LogP contribution is -2.05. The quantitative estimate of drug-likeness (QED) is 0.854. The van der Waals surface area contributed by atoms with Gasteiger partial charge in [-0.05, 0) is 18.2 Å². The van der Waals surface area contributed by atoms with Crippen molar-refractivity contribution in [3.05, 3.63) is 47.9 Å². The number of aromatic nitrogens is 2. The van der Waals surface area contributed by atoms with Crippen LogP contribution in [0.1, 0.15) is 5.82 Å². The molecule has 88 valence electrons. The number of hydrogen-bond acceptors (Lipinski definition) is 4. The smallest absolute Gasteiger partial charge is 0.160 e. The van der Waals surface area contributed by atoms with E-state index in [1.165, 1.54) is 12.3 Å². The van der Waals surface area contributed by atoms with E-state index in [1.807, 2.05) is 0 Å².